The fourth-order valence-corrected chi connectivity index (χ4v) is 2.67. The summed E-state index contributed by atoms with van der Waals surface area (Å²) >= 11 is 0. The van der Waals surface area contributed by atoms with Crippen molar-refractivity contribution < 1.29 is 14.4 Å². The molecule has 0 aromatic heterocycles. The number of ether oxygens (including phenoxy) is 1. The highest BCUT2D eigenvalue weighted by Crippen LogP contribution is 2.21. The second kappa shape index (κ2) is 8.91. The van der Waals surface area contributed by atoms with Gasteiger partial charge in [0, 0.05) is 19.6 Å². The number of benzene rings is 2. The summed E-state index contributed by atoms with van der Waals surface area (Å²) in [5.74, 6) is -0.118. The van der Waals surface area contributed by atoms with Crippen LogP contribution in [0, 0.1) is 0 Å². The summed E-state index contributed by atoms with van der Waals surface area (Å²) in [5.41, 5.74) is 2.83. The van der Waals surface area contributed by atoms with Gasteiger partial charge in [-0.2, -0.15) is 5.10 Å². The highest BCUT2D eigenvalue weighted by atomic mass is 16.7. The third-order valence-electron chi connectivity index (χ3n) is 4.06. The molecular formula is C21H21N3O3. The Bertz CT molecular complexity index is 861. The maximum absolute atomic E-state index is 11.9. The first-order chi connectivity index (χ1) is 13.2. The van der Waals surface area contributed by atoms with Gasteiger partial charge in [-0.05, 0) is 24.1 Å². The highest BCUT2D eigenvalue weighted by molar-refractivity contribution is 6.03. The van der Waals surface area contributed by atoms with E-state index in [-0.39, 0.29) is 6.23 Å². The van der Waals surface area contributed by atoms with Crippen molar-refractivity contribution in [3.63, 3.8) is 0 Å². The molecule has 1 aliphatic rings. The quantitative estimate of drug-likeness (QED) is 0.267. The molecule has 1 unspecified atom stereocenters. The van der Waals surface area contributed by atoms with Crippen LogP contribution in [0.15, 0.2) is 77.0 Å². The molecule has 1 aliphatic heterocycles. The van der Waals surface area contributed by atoms with E-state index in [0.717, 1.165) is 16.8 Å². The third-order valence-corrected chi connectivity index (χ3v) is 4.06. The van der Waals surface area contributed by atoms with Crippen molar-refractivity contribution in [3.05, 3.63) is 77.9 Å². The largest absolute Gasteiger partial charge is 0.359 e. The molecule has 0 radical (unpaired) electrons. The molecule has 6 nitrogen and oxygen atoms in total. The summed E-state index contributed by atoms with van der Waals surface area (Å²) < 4.78 is 5.48. The van der Waals surface area contributed by atoms with Crippen molar-refractivity contribution in [1.82, 2.24) is 5.01 Å². The van der Waals surface area contributed by atoms with Gasteiger partial charge in [0.15, 0.2) is 12.1 Å². The topological polar surface area (TPSA) is 63.5 Å². The number of nitrogens with zero attached hydrogens (tertiary/aromatic N) is 3. The fourth-order valence-electron chi connectivity index (χ4n) is 2.67. The van der Waals surface area contributed by atoms with Crippen LogP contribution in [0.1, 0.15) is 24.5 Å². The number of amidine groups is 1. The van der Waals surface area contributed by atoms with E-state index in [1.807, 2.05) is 60.7 Å². The monoisotopic (exact) mass is 363 g/mol. The first kappa shape index (κ1) is 18.5. The third kappa shape index (κ3) is 4.89. The Kier molecular flexibility index (Phi) is 6.12. The number of hydrogen-bond acceptors (Lipinski definition) is 5. The van der Waals surface area contributed by atoms with Gasteiger partial charge in [0.2, 0.25) is 0 Å². The van der Waals surface area contributed by atoms with Crippen molar-refractivity contribution in [2.75, 3.05) is 7.11 Å². The zero-order valence-electron chi connectivity index (χ0n) is 15.3. The van der Waals surface area contributed by atoms with E-state index in [2.05, 4.69) is 10.3 Å². The molecule has 1 atom stereocenters. The van der Waals surface area contributed by atoms with Crippen LogP contribution in [0.4, 0.5) is 0 Å². The van der Waals surface area contributed by atoms with Gasteiger partial charge in [-0.3, -0.25) is 0 Å². The predicted molar refractivity (Wildman–Crippen MR) is 105 cm³/mol. The van der Waals surface area contributed by atoms with Gasteiger partial charge in [0.05, 0.1) is 5.71 Å². The van der Waals surface area contributed by atoms with E-state index in [1.165, 1.54) is 6.08 Å². The lowest BCUT2D eigenvalue weighted by Gasteiger charge is -2.20. The number of carbonyl (C=O) groups is 1. The molecule has 0 aliphatic carbocycles. The Balaban J connectivity index is 1.66. The molecule has 2 aromatic carbocycles. The molecule has 0 spiro atoms. The molecule has 0 N–H and O–H groups in total. The molecule has 0 amide bonds. The molecule has 138 valence electrons. The summed E-state index contributed by atoms with van der Waals surface area (Å²) in [6.45, 7) is 1.72. The Labute approximate surface area is 158 Å². The lowest BCUT2D eigenvalue weighted by atomic mass is 10.1. The Morgan fingerprint density at radius 3 is 2.48 bits per heavy atom. The lowest BCUT2D eigenvalue weighted by Crippen LogP contribution is -2.32. The molecule has 0 fully saturated rings. The van der Waals surface area contributed by atoms with Crippen LogP contribution in [0.2, 0.25) is 0 Å². The number of oxime groups is 1. The van der Waals surface area contributed by atoms with Gasteiger partial charge in [-0.25, -0.2) is 9.80 Å². The Morgan fingerprint density at radius 1 is 1.15 bits per heavy atom. The van der Waals surface area contributed by atoms with Crippen molar-refractivity contribution in [2.24, 2.45) is 10.3 Å². The van der Waals surface area contributed by atoms with Crippen LogP contribution in [-0.2, 0) is 14.4 Å². The van der Waals surface area contributed by atoms with E-state index < -0.39 is 5.97 Å². The lowest BCUT2D eigenvalue weighted by molar-refractivity contribution is -0.137. The van der Waals surface area contributed by atoms with E-state index in [1.54, 1.807) is 25.1 Å². The van der Waals surface area contributed by atoms with Gasteiger partial charge < -0.3 is 9.57 Å². The summed E-state index contributed by atoms with van der Waals surface area (Å²) in [6.07, 6.45) is 3.34. The number of hydrogen-bond donors (Lipinski definition) is 0. The number of rotatable bonds is 5. The molecule has 27 heavy (non-hydrogen) atoms. The molecule has 2 aromatic rings. The average molecular weight is 363 g/mol. The maximum atomic E-state index is 11.9. The van der Waals surface area contributed by atoms with Crippen LogP contribution >= 0.6 is 0 Å². The second-order valence-corrected chi connectivity index (χ2v) is 5.94. The van der Waals surface area contributed by atoms with Crippen molar-refractivity contribution in [3.8, 4) is 0 Å². The summed E-state index contributed by atoms with van der Waals surface area (Å²) in [4.78, 5) is 16.8. The molecule has 0 saturated carbocycles. The zero-order valence-corrected chi connectivity index (χ0v) is 15.3. The summed E-state index contributed by atoms with van der Waals surface area (Å²) in [7, 11) is 1.61. The average Bonchev–Trinajstić information content (AvgIpc) is 3.16. The van der Waals surface area contributed by atoms with Crippen molar-refractivity contribution in [2.45, 2.75) is 19.6 Å². The SMILES string of the molecule is COC1CC(c2ccccc2)=NN1/C(C)=N\OC(=O)/C=C/c1ccccc1. The smallest absolute Gasteiger partial charge is 0.358 e. The summed E-state index contributed by atoms with van der Waals surface area (Å²) in [5, 5.41) is 10.1. The first-order valence-corrected chi connectivity index (χ1v) is 8.61. The normalized spacial score (nSPS) is 17.3. The van der Waals surface area contributed by atoms with Crippen molar-refractivity contribution in [1.29, 1.82) is 0 Å². The summed E-state index contributed by atoms with van der Waals surface area (Å²) in [6, 6.07) is 19.4. The van der Waals surface area contributed by atoms with Crippen LogP contribution in [0.5, 0.6) is 0 Å². The van der Waals surface area contributed by atoms with Gasteiger partial charge >= 0.3 is 5.97 Å². The van der Waals surface area contributed by atoms with Crippen LogP contribution in [0.25, 0.3) is 6.08 Å². The number of methoxy groups -OCH3 is 1. The maximum Gasteiger partial charge on any atom is 0.358 e. The van der Waals surface area contributed by atoms with Crippen LogP contribution in [-0.4, -0.2) is 35.9 Å². The van der Waals surface area contributed by atoms with E-state index in [0.29, 0.717) is 12.3 Å². The number of carbonyl (C=O) groups excluding carboxylic acids is 1. The standard InChI is InChI=1S/C21H21N3O3/c1-16(23-27-21(25)14-13-17-9-5-3-6-10-17)24-20(26-2)15-19(22-24)18-11-7-4-8-12-18/h3-14,20H,15H2,1-2H3/b14-13+,23-16-. The van der Waals surface area contributed by atoms with E-state index >= 15 is 0 Å². The highest BCUT2D eigenvalue weighted by Gasteiger charge is 2.29. The van der Waals surface area contributed by atoms with Gasteiger partial charge in [0.25, 0.3) is 0 Å². The molecule has 3 rings (SSSR count). The minimum absolute atomic E-state index is 0.289. The van der Waals surface area contributed by atoms with Crippen LogP contribution < -0.4 is 0 Å². The molecule has 6 heteroatoms. The molecular weight excluding hydrogens is 342 g/mol. The first-order valence-electron chi connectivity index (χ1n) is 8.61. The van der Waals surface area contributed by atoms with Gasteiger partial charge in [0.1, 0.15) is 0 Å². The minimum Gasteiger partial charge on any atom is -0.359 e. The van der Waals surface area contributed by atoms with Crippen molar-refractivity contribution >= 4 is 23.6 Å². The molecule has 0 saturated heterocycles. The minimum atomic E-state index is -0.557. The number of hydrazone groups is 1. The fraction of sp³-hybridized carbons (Fsp3) is 0.190. The Hall–Kier alpha value is -3.25. The Morgan fingerprint density at radius 2 is 1.81 bits per heavy atom. The van der Waals surface area contributed by atoms with Crippen LogP contribution in [0.3, 0.4) is 0 Å². The molecule has 1 heterocycles. The van der Waals surface area contributed by atoms with E-state index in [9.17, 15) is 4.79 Å². The molecule has 0 bridgehead atoms. The van der Waals surface area contributed by atoms with Gasteiger partial charge in [-0.1, -0.05) is 65.8 Å². The zero-order chi connectivity index (χ0) is 19.1. The predicted octanol–water partition coefficient (Wildman–Crippen LogP) is 3.66. The van der Waals surface area contributed by atoms with Gasteiger partial charge in [-0.15, -0.1) is 0 Å². The second-order valence-electron chi connectivity index (χ2n) is 5.94. The van der Waals surface area contributed by atoms with E-state index in [4.69, 9.17) is 9.57 Å².